The Hall–Kier alpha value is -1.61. The van der Waals surface area contributed by atoms with Crippen molar-refractivity contribution >= 4 is 22.2 Å². The Balaban J connectivity index is 2.56. The first-order chi connectivity index (χ1) is 8.63. The Labute approximate surface area is 114 Å². The molecule has 0 aliphatic carbocycles. The van der Waals surface area contributed by atoms with Gasteiger partial charge in [0.05, 0.1) is 5.92 Å². The molecule has 92 valence electrons. The van der Waals surface area contributed by atoms with Crippen LogP contribution in [-0.2, 0) is 4.79 Å². The van der Waals surface area contributed by atoms with Crippen LogP contribution < -0.4 is 0 Å². The van der Waals surface area contributed by atoms with Gasteiger partial charge in [-0.2, -0.15) is 0 Å². The number of aromatic hydroxyl groups is 1. The van der Waals surface area contributed by atoms with E-state index in [4.69, 9.17) is 0 Å². The molecule has 1 unspecified atom stereocenters. The standard InChI is InChI=1S/C15H13BrO2/c1-10-4-2-3-5-12(10)14(9-17)13-8-11(16)6-7-15(13)18/h2-9,14,18H,1H3. The molecule has 0 aliphatic heterocycles. The Morgan fingerprint density at radius 1 is 1.17 bits per heavy atom. The number of aryl methyl sites for hydroxylation is 1. The molecule has 18 heavy (non-hydrogen) atoms. The minimum atomic E-state index is -0.441. The van der Waals surface area contributed by atoms with Crippen molar-refractivity contribution in [2.75, 3.05) is 0 Å². The number of hydrogen-bond acceptors (Lipinski definition) is 2. The fourth-order valence-corrected chi connectivity index (χ4v) is 2.40. The van der Waals surface area contributed by atoms with Crippen molar-refractivity contribution in [2.45, 2.75) is 12.8 Å². The van der Waals surface area contributed by atoms with Crippen molar-refractivity contribution in [1.29, 1.82) is 0 Å². The van der Waals surface area contributed by atoms with E-state index in [-0.39, 0.29) is 5.75 Å². The fraction of sp³-hybridized carbons (Fsp3) is 0.133. The van der Waals surface area contributed by atoms with Gasteiger partial charge in [-0.15, -0.1) is 0 Å². The molecule has 0 aliphatic rings. The molecule has 0 aromatic heterocycles. The third kappa shape index (κ3) is 2.46. The summed E-state index contributed by atoms with van der Waals surface area (Å²) < 4.78 is 0.843. The highest BCUT2D eigenvalue weighted by atomic mass is 79.9. The average Bonchev–Trinajstić information content (AvgIpc) is 2.36. The van der Waals surface area contributed by atoms with Crippen LogP contribution in [0.3, 0.4) is 0 Å². The molecule has 1 N–H and O–H groups in total. The zero-order valence-electron chi connectivity index (χ0n) is 9.93. The first-order valence-corrected chi connectivity index (χ1v) is 6.42. The highest BCUT2D eigenvalue weighted by molar-refractivity contribution is 9.10. The maximum atomic E-state index is 11.4. The van der Waals surface area contributed by atoms with Crippen LogP contribution in [0.15, 0.2) is 46.9 Å². The summed E-state index contributed by atoms with van der Waals surface area (Å²) in [4.78, 5) is 11.4. The van der Waals surface area contributed by atoms with Gasteiger partial charge in [0.15, 0.2) is 0 Å². The summed E-state index contributed by atoms with van der Waals surface area (Å²) in [5, 5.41) is 9.91. The highest BCUT2D eigenvalue weighted by Gasteiger charge is 2.18. The first kappa shape index (κ1) is 12.8. The SMILES string of the molecule is Cc1ccccc1C(C=O)c1cc(Br)ccc1O. The van der Waals surface area contributed by atoms with E-state index in [1.807, 2.05) is 31.2 Å². The van der Waals surface area contributed by atoms with Crippen molar-refractivity contribution in [3.63, 3.8) is 0 Å². The topological polar surface area (TPSA) is 37.3 Å². The molecule has 3 heteroatoms. The van der Waals surface area contributed by atoms with E-state index in [0.717, 1.165) is 21.9 Å². The predicted molar refractivity (Wildman–Crippen MR) is 74.9 cm³/mol. The predicted octanol–water partition coefficient (Wildman–Crippen LogP) is 3.79. The van der Waals surface area contributed by atoms with Crippen molar-refractivity contribution in [3.8, 4) is 5.75 Å². The van der Waals surface area contributed by atoms with Gasteiger partial charge in [-0.05, 0) is 36.2 Å². The van der Waals surface area contributed by atoms with Crippen LogP contribution >= 0.6 is 15.9 Å². The van der Waals surface area contributed by atoms with E-state index < -0.39 is 5.92 Å². The van der Waals surface area contributed by atoms with Crippen LogP contribution in [-0.4, -0.2) is 11.4 Å². The van der Waals surface area contributed by atoms with E-state index in [1.165, 1.54) is 0 Å². The molecule has 0 spiro atoms. The highest BCUT2D eigenvalue weighted by Crippen LogP contribution is 2.33. The third-order valence-electron chi connectivity index (χ3n) is 2.98. The van der Waals surface area contributed by atoms with Crippen LogP contribution in [0.4, 0.5) is 0 Å². The van der Waals surface area contributed by atoms with E-state index in [2.05, 4.69) is 15.9 Å². The Morgan fingerprint density at radius 3 is 2.56 bits per heavy atom. The van der Waals surface area contributed by atoms with E-state index in [1.54, 1.807) is 18.2 Å². The zero-order valence-corrected chi connectivity index (χ0v) is 11.5. The lowest BCUT2D eigenvalue weighted by Crippen LogP contribution is -2.04. The summed E-state index contributed by atoms with van der Waals surface area (Å²) in [5.41, 5.74) is 2.57. The first-order valence-electron chi connectivity index (χ1n) is 5.62. The van der Waals surface area contributed by atoms with Gasteiger partial charge in [0.1, 0.15) is 12.0 Å². The number of phenols is 1. The molecular formula is C15H13BrO2. The van der Waals surface area contributed by atoms with Gasteiger partial charge in [-0.1, -0.05) is 40.2 Å². The molecule has 0 fully saturated rings. The summed E-state index contributed by atoms with van der Waals surface area (Å²) in [6, 6.07) is 12.8. The average molecular weight is 305 g/mol. The number of aldehydes is 1. The van der Waals surface area contributed by atoms with E-state index in [0.29, 0.717) is 5.56 Å². The van der Waals surface area contributed by atoms with Gasteiger partial charge >= 0.3 is 0 Å². The molecule has 2 nitrogen and oxygen atoms in total. The fourth-order valence-electron chi connectivity index (χ4n) is 2.02. The maximum Gasteiger partial charge on any atom is 0.132 e. The second kappa shape index (κ2) is 5.36. The van der Waals surface area contributed by atoms with Crippen molar-refractivity contribution in [3.05, 3.63) is 63.6 Å². The number of carbonyl (C=O) groups excluding carboxylic acids is 1. The molecule has 0 saturated heterocycles. The smallest absolute Gasteiger partial charge is 0.132 e. The summed E-state index contributed by atoms with van der Waals surface area (Å²) in [5.74, 6) is -0.303. The van der Waals surface area contributed by atoms with Gasteiger partial charge in [-0.3, -0.25) is 0 Å². The summed E-state index contributed by atoms with van der Waals surface area (Å²) in [6.45, 7) is 1.96. The molecular weight excluding hydrogens is 292 g/mol. The lowest BCUT2D eigenvalue weighted by molar-refractivity contribution is -0.108. The number of carbonyl (C=O) groups is 1. The van der Waals surface area contributed by atoms with Gasteiger partial charge in [0.25, 0.3) is 0 Å². The molecule has 1 atom stereocenters. The normalized spacial score (nSPS) is 12.1. The van der Waals surface area contributed by atoms with Crippen molar-refractivity contribution < 1.29 is 9.90 Å². The zero-order chi connectivity index (χ0) is 13.1. The Kier molecular flexibility index (Phi) is 3.82. The summed E-state index contributed by atoms with van der Waals surface area (Å²) >= 11 is 3.36. The Bertz CT molecular complexity index is 578. The second-order valence-electron chi connectivity index (χ2n) is 4.17. The third-order valence-corrected chi connectivity index (χ3v) is 3.48. The second-order valence-corrected chi connectivity index (χ2v) is 5.09. The molecule has 2 aromatic carbocycles. The van der Waals surface area contributed by atoms with Crippen LogP contribution in [0.5, 0.6) is 5.75 Å². The minimum Gasteiger partial charge on any atom is -0.508 e. The quantitative estimate of drug-likeness (QED) is 0.876. The van der Waals surface area contributed by atoms with Crippen molar-refractivity contribution in [2.24, 2.45) is 0 Å². The van der Waals surface area contributed by atoms with Crippen molar-refractivity contribution in [1.82, 2.24) is 0 Å². The summed E-state index contributed by atoms with van der Waals surface area (Å²) in [6.07, 6.45) is 0.865. The molecule has 0 radical (unpaired) electrons. The van der Waals surface area contributed by atoms with Gasteiger partial charge in [-0.25, -0.2) is 0 Å². The van der Waals surface area contributed by atoms with E-state index >= 15 is 0 Å². The maximum absolute atomic E-state index is 11.4. The number of halogens is 1. The van der Waals surface area contributed by atoms with Crippen LogP contribution in [0.25, 0.3) is 0 Å². The molecule has 0 bridgehead atoms. The van der Waals surface area contributed by atoms with Gasteiger partial charge in [0.2, 0.25) is 0 Å². The number of rotatable bonds is 3. The van der Waals surface area contributed by atoms with Gasteiger partial charge < -0.3 is 9.90 Å². The molecule has 0 amide bonds. The molecule has 2 rings (SSSR count). The molecule has 2 aromatic rings. The number of hydrogen-bond donors (Lipinski definition) is 1. The number of benzene rings is 2. The van der Waals surface area contributed by atoms with Crippen LogP contribution in [0.2, 0.25) is 0 Å². The lowest BCUT2D eigenvalue weighted by Gasteiger charge is -2.15. The van der Waals surface area contributed by atoms with Crippen LogP contribution in [0, 0.1) is 6.92 Å². The lowest BCUT2D eigenvalue weighted by atomic mass is 9.89. The number of phenolic OH excluding ortho intramolecular Hbond substituents is 1. The van der Waals surface area contributed by atoms with Crippen LogP contribution in [0.1, 0.15) is 22.6 Å². The monoisotopic (exact) mass is 304 g/mol. The summed E-state index contributed by atoms with van der Waals surface area (Å²) in [7, 11) is 0. The van der Waals surface area contributed by atoms with E-state index in [9.17, 15) is 9.90 Å². The largest absolute Gasteiger partial charge is 0.508 e. The Morgan fingerprint density at radius 2 is 1.89 bits per heavy atom. The molecule has 0 heterocycles. The molecule has 0 saturated carbocycles. The minimum absolute atomic E-state index is 0.138. The van der Waals surface area contributed by atoms with Gasteiger partial charge in [0, 0.05) is 10.0 Å².